The van der Waals surface area contributed by atoms with Gasteiger partial charge >= 0.3 is 0 Å². The maximum atomic E-state index is 12.6. The summed E-state index contributed by atoms with van der Waals surface area (Å²) in [6.45, 7) is 13.7. The molecular weight excluding hydrogens is 318 g/mol. The van der Waals surface area contributed by atoms with Crippen molar-refractivity contribution in [3.05, 3.63) is 35.9 Å². The van der Waals surface area contributed by atoms with Crippen LogP contribution in [-0.4, -0.2) is 34.0 Å². The van der Waals surface area contributed by atoms with Gasteiger partial charge in [0.05, 0.1) is 12.6 Å². The molecule has 5 heteroatoms. The average molecular weight is 352 g/mol. The zero-order chi connectivity index (χ0) is 18.4. The Morgan fingerprint density at radius 2 is 1.79 bits per heavy atom. The summed E-state index contributed by atoms with van der Waals surface area (Å²) in [4.78, 5) is 12.6. The second kappa shape index (κ2) is 8.79. The topological polar surface area (TPSA) is 47.6 Å². The molecule has 0 aliphatic rings. The van der Waals surface area contributed by atoms with Crippen molar-refractivity contribution in [2.45, 2.75) is 64.4 Å². The molecule has 2 atom stereocenters. The van der Waals surface area contributed by atoms with Crippen LogP contribution < -0.4 is 5.32 Å². The lowest BCUT2D eigenvalue weighted by atomic mass is 10.1. The van der Waals surface area contributed by atoms with Gasteiger partial charge in [0.1, 0.15) is 0 Å². The molecule has 0 radical (unpaired) electrons. The minimum Gasteiger partial charge on any atom is -0.415 e. The molecule has 0 bridgehead atoms. The molecule has 4 nitrogen and oxygen atoms in total. The lowest BCUT2D eigenvalue weighted by molar-refractivity contribution is -0.132. The first kappa shape index (κ1) is 20.9. The largest absolute Gasteiger partial charge is 0.415 e. The number of rotatable bonds is 8. The van der Waals surface area contributed by atoms with E-state index in [4.69, 9.17) is 9.16 Å². The van der Waals surface area contributed by atoms with Crippen LogP contribution in [0.4, 0.5) is 0 Å². The summed E-state index contributed by atoms with van der Waals surface area (Å²) < 4.78 is 11.6. The van der Waals surface area contributed by atoms with Crippen LogP contribution in [0.5, 0.6) is 0 Å². The first-order chi connectivity index (χ1) is 11.1. The third-order valence-electron chi connectivity index (χ3n) is 4.87. The molecule has 0 spiro atoms. The van der Waals surface area contributed by atoms with Crippen LogP contribution in [0, 0.1) is 0 Å². The Hall–Kier alpha value is -1.17. The molecule has 0 unspecified atom stereocenters. The highest BCUT2D eigenvalue weighted by molar-refractivity contribution is 6.74. The standard InChI is InChI=1S/C19H33NO3Si/c1-8-16(14-23-24(6,7)19(2,3)4)20-18(21)17(22-5)15-12-10-9-11-13-15/h9-13,16-17H,8,14H2,1-7H3,(H,20,21)/t16-,17+/m1/s1. The first-order valence-corrected chi connectivity index (χ1v) is 11.5. The molecule has 1 amide bonds. The number of benzene rings is 1. The quantitative estimate of drug-likeness (QED) is 0.711. The van der Waals surface area contributed by atoms with Gasteiger partial charge in [-0.3, -0.25) is 4.79 Å². The van der Waals surface area contributed by atoms with Crippen molar-refractivity contribution in [3.63, 3.8) is 0 Å². The number of methoxy groups -OCH3 is 1. The lowest BCUT2D eigenvalue weighted by Gasteiger charge is -2.37. The summed E-state index contributed by atoms with van der Waals surface area (Å²) in [6.07, 6.45) is 0.235. The van der Waals surface area contributed by atoms with E-state index in [1.54, 1.807) is 7.11 Å². The van der Waals surface area contributed by atoms with Crippen molar-refractivity contribution in [1.29, 1.82) is 0 Å². The van der Waals surface area contributed by atoms with Crippen molar-refractivity contribution in [2.24, 2.45) is 0 Å². The summed E-state index contributed by atoms with van der Waals surface area (Å²) >= 11 is 0. The SMILES string of the molecule is CC[C@H](CO[Si](C)(C)C(C)(C)C)NC(=O)[C@@H](OC)c1ccccc1. The number of hydrogen-bond acceptors (Lipinski definition) is 3. The van der Waals surface area contributed by atoms with E-state index in [1.165, 1.54) is 0 Å². The number of carbonyl (C=O) groups is 1. The summed E-state index contributed by atoms with van der Waals surface area (Å²) in [7, 11) is -0.257. The number of hydrogen-bond donors (Lipinski definition) is 1. The fourth-order valence-corrected chi connectivity index (χ4v) is 3.14. The molecule has 1 N–H and O–H groups in total. The molecule has 0 aliphatic heterocycles. The Morgan fingerprint density at radius 3 is 2.25 bits per heavy atom. The lowest BCUT2D eigenvalue weighted by Crippen LogP contribution is -2.47. The third kappa shape index (κ3) is 5.72. The summed E-state index contributed by atoms with van der Waals surface area (Å²) in [5.41, 5.74) is 0.859. The van der Waals surface area contributed by atoms with Crippen LogP contribution in [-0.2, 0) is 14.0 Å². The fraction of sp³-hybridized carbons (Fsp3) is 0.632. The number of nitrogens with one attached hydrogen (secondary N) is 1. The normalized spacial score (nSPS) is 15.0. The van der Waals surface area contributed by atoms with E-state index >= 15 is 0 Å². The van der Waals surface area contributed by atoms with Gasteiger partial charge in [-0.15, -0.1) is 0 Å². The van der Waals surface area contributed by atoms with Gasteiger partial charge in [-0.25, -0.2) is 0 Å². The first-order valence-electron chi connectivity index (χ1n) is 8.64. The van der Waals surface area contributed by atoms with E-state index in [0.29, 0.717) is 6.61 Å². The number of amides is 1. The van der Waals surface area contributed by atoms with Gasteiger partial charge in [-0.1, -0.05) is 58.0 Å². The summed E-state index contributed by atoms with van der Waals surface area (Å²) in [5, 5.41) is 3.23. The predicted molar refractivity (Wildman–Crippen MR) is 102 cm³/mol. The Bertz CT molecular complexity index is 511. The fourth-order valence-electron chi connectivity index (χ4n) is 2.09. The maximum absolute atomic E-state index is 12.6. The third-order valence-corrected chi connectivity index (χ3v) is 9.37. The van der Waals surface area contributed by atoms with Crippen molar-refractivity contribution >= 4 is 14.2 Å². The molecule has 1 rings (SSSR count). The molecule has 0 aromatic heterocycles. The van der Waals surface area contributed by atoms with Crippen LogP contribution >= 0.6 is 0 Å². The van der Waals surface area contributed by atoms with E-state index in [-0.39, 0.29) is 17.0 Å². The van der Waals surface area contributed by atoms with Crippen molar-refractivity contribution in [1.82, 2.24) is 5.32 Å². The molecule has 0 aliphatic carbocycles. The summed E-state index contributed by atoms with van der Waals surface area (Å²) in [5.74, 6) is -0.116. The van der Waals surface area contributed by atoms with Gasteiger partial charge in [-0.2, -0.15) is 0 Å². The highest BCUT2D eigenvalue weighted by atomic mass is 28.4. The second-order valence-corrected chi connectivity index (χ2v) is 12.5. The van der Waals surface area contributed by atoms with Gasteiger partial charge in [0.2, 0.25) is 0 Å². The zero-order valence-electron chi connectivity index (χ0n) is 16.2. The molecule has 0 saturated carbocycles. The summed E-state index contributed by atoms with van der Waals surface area (Å²) in [6, 6.07) is 9.55. The predicted octanol–water partition coefficient (Wildman–Crippen LogP) is 4.29. The van der Waals surface area contributed by atoms with Crippen LogP contribution in [0.1, 0.15) is 45.8 Å². The van der Waals surface area contributed by atoms with Crippen molar-refractivity contribution in [3.8, 4) is 0 Å². The van der Waals surface area contributed by atoms with E-state index in [0.717, 1.165) is 12.0 Å². The minimum atomic E-state index is -1.82. The van der Waals surface area contributed by atoms with Gasteiger partial charge < -0.3 is 14.5 Å². The Balaban J connectivity index is 2.69. The molecule has 1 aromatic carbocycles. The van der Waals surface area contributed by atoms with E-state index < -0.39 is 14.4 Å². The van der Waals surface area contributed by atoms with Gasteiger partial charge in [0, 0.05) is 7.11 Å². The van der Waals surface area contributed by atoms with Crippen LogP contribution in [0.2, 0.25) is 18.1 Å². The van der Waals surface area contributed by atoms with Crippen LogP contribution in [0.25, 0.3) is 0 Å². The number of carbonyl (C=O) groups excluding carboxylic acids is 1. The van der Waals surface area contributed by atoms with Crippen molar-refractivity contribution < 1.29 is 14.0 Å². The van der Waals surface area contributed by atoms with Crippen molar-refractivity contribution in [2.75, 3.05) is 13.7 Å². The molecular formula is C19H33NO3Si. The van der Waals surface area contributed by atoms with Gasteiger partial charge in [-0.05, 0) is 30.1 Å². The Kier molecular flexibility index (Phi) is 7.64. The van der Waals surface area contributed by atoms with E-state index in [1.807, 2.05) is 30.3 Å². The Morgan fingerprint density at radius 1 is 1.21 bits per heavy atom. The van der Waals surface area contributed by atoms with E-state index in [2.05, 4.69) is 46.1 Å². The Labute approximate surface area is 148 Å². The molecule has 0 heterocycles. The molecule has 1 aromatic rings. The van der Waals surface area contributed by atoms with E-state index in [9.17, 15) is 4.79 Å². The van der Waals surface area contributed by atoms with Gasteiger partial charge in [0.25, 0.3) is 5.91 Å². The highest BCUT2D eigenvalue weighted by Crippen LogP contribution is 2.36. The average Bonchev–Trinajstić information content (AvgIpc) is 2.52. The minimum absolute atomic E-state index is 0.00649. The maximum Gasteiger partial charge on any atom is 0.254 e. The molecule has 0 saturated heterocycles. The zero-order valence-corrected chi connectivity index (χ0v) is 17.2. The molecule has 24 heavy (non-hydrogen) atoms. The van der Waals surface area contributed by atoms with Crippen LogP contribution in [0.15, 0.2) is 30.3 Å². The highest BCUT2D eigenvalue weighted by Gasteiger charge is 2.37. The van der Waals surface area contributed by atoms with Gasteiger partial charge in [0.15, 0.2) is 14.4 Å². The number of ether oxygens (including phenoxy) is 1. The monoisotopic (exact) mass is 351 g/mol. The molecule has 0 fully saturated rings. The smallest absolute Gasteiger partial charge is 0.254 e. The molecule has 136 valence electrons. The van der Waals surface area contributed by atoms with Crippen LogP contribution in [0.3, 0.4) is 0 Å². The second-order valence-electron chi connectivity index (χ2n) is 7.71.